The third-order valence-corrected chi connectivity index (χ3v) is 9.70. The Morgan fingerprint density at radius 2 is 1.84 bits per heavy atom. The molecular formula is C36H44ClF3N6O4S. The zero-order valence-electron chi connectivity index (χ0n) is 29.2. The minimum Gasteiger partial charge on any atom is -0.460 e. The summed E-state index contributed by atoms with van der Waals surface area (Å²) in [5.41, 5.74) is 2.66. The average molecular weight is 749 g/mol. The van der Waals surface area contributed by atoms with Gasteiger partial charge in [-0.3, -0.25) is 14.4 Å². The lowest BCUT2D eigenvalue weighted by Crippen LogP contribution is -2.32. The van der Waals surface area contributed by atoms with Crippen LogP contribution in [0.15, 0.2) is 53.1 Å². The highest BCUT2D eigenvalue weighted by Crippen LogP contribution is 2.35. The molecule has 0 saturated carbocycles. The van der Waals surface area contributed by atoms with Crippen molar-refractivity contribution in [3.05, 3.63) is 68.6 Å². The number of alkyl halides is 3. The maximum atomic E-state index is 13.3. The van der Waals surface area contributed by atoms with E-state index in [0.717, 1.165) is 87.7 Å². The molecule has 2 aliphatic rings. The summed E-state index contributed by atoms with van der Waals surface area (Å²) in [4.78, 5) is 53.6. The maximum absolute atomic E-state index is 13.3. The Morgan fingerprint density at radius 1 is 1.10 bits per heavy atom. The molecule has 1 fully saturated rings. The Morgan fingerprint density at radius 3 is 2.59 bits per heavy atom. The van der Waals surface area contributed by atoms with Crippen LogP contribution in [0.3, 0.4) is 0 Å². The van der Waals surface area contributed by atoms with E-state index in [1.807, 2.05) is 26.8 Å². The van der Waals surface area contributed by atoms with E-state index in [0.29, 0.717) is 17.5 Å². The van der Waals surface area contributed by atoms with Gasteiger partial charge in [-0.15, -0.1) is 17.1 Å². The third kappa shape index (κ3) is 12.7. The molecule has 1 saturated heterocycles. The average Bonchev–Trinajstić information content (AvgIpc) is 3.56. The molecule has 2 aromatic rings. The van der Waals surface area contributed by atoms with Crippen LogP contribution in [0.1, 0.15) is 105 Å². The zero-order chi connectivity index (χ0) is 37.2. The normalized spacial score (nSPS) is 18.2. The van der Waals surface area contributed by atoms with E-state index in [1.165, 1.54) is 12.4 Å². The van der Waals surface area contributed by atoms with Crippen molar-refractivity contribution in [1.29, 1.82) is 0 Å². The third-order valence-electron chi connectivity index (χ3n) is 8.22. The highest BCUT2D eigenvalue weighted by Gasteiger charge is 2.34. The van der Waals surface area contributed by atoms with Crippen LogP contribution in [-0.2, 0) is 20.5 Å². The number of nitrogens with zero attached hydrogens (tertiary/aromatic N) is 4. The molecule has 2 unspecified atom stereocenters. The number of rotatable bonds is 10. The number of hydrogen-bond acceptors (Lipinski definition) is 9. The van der Waals surface area contributed by atoms with Crippen LogP contribution in [0, 0.1) is 5.92 Å². The van der Waals surface area contributed by atoms with Crippen LogP contribution in [0.5, 0.6) is 0 Å². The van der Waals surface area contributed by atoms with Crippen LogP contribution >= 0.6 is 22.9 Å². The van der Waals surface area contributed by atoms with E-state index in [2.05, 4.69) is 36.2 Å². The topological polar surface area (TPSA) is 126 Å². The first-order valence-corrected chi connectivity index (χ1v) is 18.2. The number of pyridine rings is 1. The summed E-state index contributed by atoms with van der Waals surface area (Å²) in [5, 5.41) is 5.04. The Balaban J connectivity index is 1.29. The van der Waals surface area contributed by atoms with Gasteiger partial charge in [-0.1, -0.05) is 23.6 Å². The summed E-state index contributed by atoms with van der Waals surface area (Å²) in [6.45, 7) is 10.2. The van der Waals surface area contributed by atoms with Crippen LogP contribution in [0.25, 0.3) is 0 Å². The fourth-order valence-electron chi connectivity index (χ4n) is 5.68. The number of anilines is 1. The van der Waals surface area contributed by atoms with Crippen LogP contribution < -0.4 is 10.6 Å². The van der Waals surface area contributed by atoms with E-state index in [9.17, 15) is 27.6 Å². The van der Waals surface area contributed by atoms with Gasteiger partial charge < -0.3 is 20.3 Å². The van der Waals surface area contributed by atoms with Crippen LogP contribution in [-0.4, -0.2) is 63.6 Å². The first-order valence-electron chi connectivity index (χ1n) is 17.0. The van der Waals surface area contributed by atoms with Crippen molar-refractivity contribution in [3.63, 3.8) is 0 Å². The van der Waals surface area contributed by atoms with Crippen LogP contribution in [0.2, 0.25) is 5.02 Å². The van der Waals surface area contributed by atoms with E-state index in [-0.39, 0.29) is 28.3 Å². The van der Waals surface area contributed by atoms with Crippen molar-refractivity contribution in [2.24, 2.45) is 10.9 Å². The molecule has 2 amide bonds. The van der Waals surface area contributed by atoms with Crippen LogP contribution in [0.4, 0.5) is 19.0 Å². The smallest absolute Gasteiger partial charge is 0.418 e. The van der Waals surface area contributed by atoms with Gasteiger partial charge in [0.25, 0.3) is 11.8 Å². The predicted octanol–water partition coefficient (Wildman–Crippen LogP) is 8.08. The highest BCUT2D eigenvalue weighted by atomic mass is 35.5. The van der Waals surface area contributed by atoms with Gasteiger partial charge in [0, 0.05) is 6.20 Å². The summed E-state index contributed by atoms with van der Waals surface area (Å²) in [6, 6.07) is 0.0676. The molecule has 2 aliphatic heterocycles. The number of esters is 1. The summed E-state index contributed by atoms with van der Waals surface area (Å²) >= 11 is 6.60. The largest absolute Gasteiger partial charge is 0.460 e. The number of allylic oxidation sites excluding steroid dienone is 2. The molecule has 0 radical (unpaired) electrons. The van der Waals surface area contributed by atoms with Gasteiger partial charge in [0.05, 0.1) is 34.9 Å². The molecule has 4 rings (SSSR count). The number of aromatic nitrogens is 2. The second-order valence-corrected chi connectivity index (χ2v) is 15.1. The number of thiazole rings is 1. The Kier molecular flexibility index (Phi) is 14.2. The number of hydrogen-bond donors (Lipinski definition) is 2. The first kappa shape index (κ1) is 39.9. The molecule has 15 heteroatoms. The van der Waals surface area contributed by atoms with Crippen molar-refractivity contribution in [3.8, 4) is 0 Å². The Bertz CT molecular complexity index is 1690. The number of ether oxygens (including phenoxy) is 1. The second kappa shape index (κ2) is 18.1. The molecule has 2 aromatic heterocycles. The van der Waals surface area contributed by atoms with Crippen molar-refractivity contribution in [2.45, 2.75) is 96.9 Å². The molecule has 0 aliphatic carbocycles. The van der Waals surface area contributed by atoms with Gasteiger partial charge in [0.1, 0.15) is 27.0 Å². The molecule has 2 N–H and O–H groups in total. The van der Waals surface area contributed by atoms with E-state index in [4.69, 9.17) is 16.3 Å². The second-order valence-electron chi connectivity index (χ2n) is 13.6. The molecule has 0 bridgehead atoms. The molecule has 51 heavy (non-hydrogen) atoms. The van der Waals surface area contributed by atoms with Gasteiger partial charge >= 0.3 is 12.1 Å². The lowest BCUT2D eigenvalue weighted by Gasteiger charge is -2.24. The van der Waals surface area contributed by atoms with Gasteiger partial charge in [-0.2, -0.15) is 13.2 Å². The summed E-state index contributed by atoms with van der Waals surface area (Å²) in [5.74, 6) is -1.59. The standard InChI is InChI=1S/C36H44ClF3N6O4S/c1-23(33-43-22-29(51-33)32(48)45-30-20-26(36(38,39)40)27(37)21-42-30)44-31(47)28-19-24(11-5-7-15-41-28)12-9-17-46-16-8-6-13-25(14-10-18-46)34(49)50-35(2,3)4/h5,15,19-23,25H,6,8-14,16-18H2,1-4H3,(H,44,47)(H,42,45,48). The Labute approximate surface area is 305 Å². The number of carbonyl (C=O) groups excluding carboxylic acids is 3. The van der Waals surface area contributed by atoms with Crippen molar-refractivity contribution in [2.75, 3.05) is 25.0 Å². The SMILES string of the molecule is CC(NC(=O)C1=NC=C=CCC(CCCN2CCCCC(C(=O)OC(C)(C)C)CCC2)=C1)c1ncc(C(=O)Nc2cc(C(F)(F)F)c(Cl)cn2)s1. The van der Waals surface area contributed by atoms with Gasteiger partial charge in [0.2, 0.25) is 0 Å². The fraction of sp³-hybridized carbons (Fsp3) is 0.528. The molecule has 2 atom stereocenters. The minimum atomic E-state index is -4.71. The monoisotopic (exact) mass is 748 g/mol. The lowest BCUT2D eigenvalue weighted by atomic mass is 9.97. The van der Waals surface area contributed by atoms with Crippen molar-refractivity contribution < 1.29 is 32.3 Å². The van der Waals surface area contributed by atoms with E-state index in [1.54, 1.807) is 13.0 Å². The summed E-state index contributed by atoms with van der Waals surface area (Å²) in [6.07, 6.45) is 9.45. The quantitative estimate of drug-likeness (QED) is 0.186. The van der Waals surface area contributed by atoms with Gasteiger partial charge in [0.15, 0.2) is 0 Å². The zero-order valence-corrected chi connectivity index (χ0v) is 30.8. The fourth-order valence-corrected chi connectivity index (χ4v) is 6.71. The lowest BCUT2D eigenvalue weighted by molar-refractivity contribution is -0.160. The number of aliphatic imine (C=N–C) groups is 1. The minimum absolute atomic E-state index is 0.0520. The molecule has 0 aromatic carbocycles. The van der Waals surface area contributed by atoms with Crippen molar-refractivity contribution >= 4 is 52.3 Å². The summed E-state index contributed by atoms with van der Waals surface area (Å²) in [7, 11) is 0. The predicted molar refractivity (Wildman–Crippen MR) is 192 cm³/mol. The van der Waals surface area contributed by atoms with Gasteiger partial charge in [-0.25, -0.2) is 15.0 Å². The number of amides is 2. The number of nitrogens with one attached hydrogen (secondary N) is 2. The summed E-state index contributed by atoms with van der Waals surface area (Å²) < 4.78 is 45.3. The maximum Gasteiger partial charge on any atom is 0.418 e. The molecule has 4 heterocycles. The highest BCUT2D eigenvalue weighted by molar-refractivity contribution is 7.13. The van der Waals surface area contributed by atoms with Crippen molar-refractivity contribution in [1.82, 2.24) is 20.2 Å². The molecule has 10 nitrogen and oxygen atoms in total. The van der Waals surface area contributed by atoms with Gasteiger partial charge in [-0.05, 0) is 110 Å². The number of halogens is 4. The number of carbonyl (C=O) groups is 3. The Hall–Kier alpha value is -3.84. The molecule has 276 valence electrons. The first-order chi connectivity index (χ1) is 24.1. The van der Waals surface area contributed by atoms with E-state index >= 15 is 0 Å². The molecular weight excluding hydrogens is 705 g/mol. The molecule has 0 spiro atoms. The van der Waals surface area contributed by atoms with E-state index < -0.39 is 40.2 Å².